The largest absolute Gasteiger partial charge is 0.460 e. The monoisotopic (exact) mass is 228 g/mol. The second-order valence-electron chi connectivity index (χ2n) is 4.51. The van der Waals surface area contributed by atoms with Crippen LogP contribution in [-0.4, -0.2) is 20.1 Å². The summed E-state index contributed by atoms with van der Waals surface area (Å²) < 4.78 is 5.15. The smallest absolute Gasteiger partial charge is 0.330 e. The van der Waals surface area contributed by atoms with Gasteiger partial charge in [-0.1, -0.05) is 45.1 Å². The van der Waals surface area contributed by atoms with Crippen LogP contribution in [0.4, 0.5) is 0 Å². The van der Waals surface area contributed by atoms with Crippen molar-refractivity contribution in [2.45, 2.75) is 58.0 Å². The molecule has 0 fully saturated rings. The van der Waals surface area contributed by atoms with Crippen LogP contribution in [0.2, 0.25) is 24.7 Å². The number of rotatable bonds is 7. The molecule has 3 heteroatoms. The second-order valence-corrected chi connectivity index (χ2v) is 10.0. The van der Waals surface area contributed by atoms with E-state index in [2.05, 4.69) is 27.0 Å². The summed E-state index contributed by atoms with van der Waals surface area (Å²) in [6.07, 6.45) is 2.25. The predicted molar refractivity (Wildman–Crippen MR) is 67.8 cm³/mol. The van der Waals surface area contributed by atoms with Crippen molar-refractivity contribution in [1.29, 1.82) is 0 Å². The number of carbonyl (C=O) groups is 1. The van der Waals surface area contributed by atoms with Crippen molar-refractivity contribution in [1.82, 2.24) is 0 Å². The van der Waals surface area contributed by atoms with Crippen LogP contribution in [0.25, 0.3) is 0 Å². The molecule has 0 saturated heterocycles. The summed E-state index contributed by atoms with van der Waals surface area (Å²) in [5, 5.41) is 0. The van der Waals surface area contributed by atoms with Gasteiger partial charge in [0.25, 0.3) is 0 Å². The van der Waals surface area contributed by atoms with Gasteiger partial charge in [0.2, 0.25) is 0 Å². The number of esters is 1. The number of hydrogen-bond acceptors (Lipinski definition) is 2. The van der Waals surface area contributed by atoms with Crippen molar-refractivity contribution in [2.75, 3.05) is 0 Å². The quantitative estimate of drug-likeness (QED) is 0.378. The molecule has 0 aromatic rings. The van der Waals surface area contributed by atoms with E-state index >= 15 is 0 Å². The molecule has 0 bridgehead atoms. The molecule has 1 unspecified atom stereocenters. The summed E-state index contributed by atoms with van der Waals surface area (Å²) in [6, 6.07) is 3.86. The van der Waals surface area contributed by atoms with Gasteiger partial charge in [0, 0.05) is 6.08 Å². The first-order chi connectivity index (χ1) is 6.97. The minimum absolute atomic E-state index is 0.0282. The molecule has 0 saturated carbocycles. The molecular weight excluding hydrogens is 204 g/mol. The SMILES string of the molecule is C=CC(=O)OC(C)CC[Si](C)(CC)CC. The fourth-order valence-corrected chi connectivity index (χ4v) is 3.77. The molecule has 2 nitrogen and oxygen atoms in total. The minimum Gasteiger partial charge on any atom is -0.460 e. The number of ether oxygens (including phenoxy) is 1. The Labute approximate surface area is 94.7 Å². The molecule has 0 aromatic heterocycles. The Kier molecular flexibility index (Phi) is 6.57. The average Bonchev–Trinajstić information content (AvgIpc) is 2.25. The average molecular weight is 228 g/mol. The van der Waals surface area contributed by atoms with Crippen LogP contribution in [-0.2, 0) is 9.53 Å². The maximum atomic E-state index is 11.0. The third kappa shape index (κ3) is 5.77. The summed E-state index contributed by atoms with van der Waals surface area (Å²) >= 11 is 0. The Bertz CT molecular complexity index is 210. The second kappa shape index (κ2) is 6.83. The van der Waals surface area contributed by atoms with Crippen molar-refractivity contribution >= 4 is 14.0 Å². The summed E-state index contributed by atoms with van der Waals surface area (Å²) in [5.74, 6) is -0.307. The third-order valence-electron chi connectivity index (χ3n) is 3.35. The summed E-state index contributed by atoms with van der Waals surface area (Å²) in [7, 11) is -1.04. The first-order valence-corrected chi connectivity index (χ1v) is 8.92. The van der Waals surface area contributed by atoms with Gasteiger partial charge in [-0.25, -0.2) is 4.79 Å². The molecule has 0 aliphatic carbocycles. The van der Waals surface area contributed by atoms with Crippen molar-refractivity contribution in [3.8, 4) is 0 Å². The Balaban J connectivity index is 3.93. The lowest BCUT2D eigenvalue weighted by Gasteiger charge is -2.25. The van der Waals surface area contributed by atoms with Gasteiger partial charge in [-0.2, -0.15) is 0 Å². The lowest BCUT2D eigenvalue weighted by atomic mass is 10.3. The van der Waals surface area contributed by atoms with Gasteiger partial charge in [-0.3, -0.25) is 0 Å². The zero-order valence-corrected chi connectivity index (χ0v) is 11.5. The number of carbonyl (C=O) groups excluding carboxylic acids is 1. The molecule has 0 rings (SSSR count). The molecule has 0 aromatic carbocycles. The summed E-state index contributed by atoms with van der Waals surface area (Å²) in [4.78, 5) is 11.0. The van der Waals surface area contributed by atoms with E-state index in [4.69, 9.17) is 4.74 Å². The van der Waals surface area contributed by atoms with Gasteiger partial charge < -0.3 is 4.74 Å². The van der Waals surface area contributed by atoms with Crippen LogP contribution in [0, 0.1) is 0 Å². The molecule has 0 spiro atoms. The molecule has 0 heterocycles. The van der Waals surface area contributed by atoms with Gasteiger partial charge in [0.05, 0.1) is 14.2 Å². The Hall–Kier alpha value is -0.573. The number of hydrogen-bond donors (Lipinski definition) is 0. The van der Waals surface area contributed by atoms with Crippen molar-refractivity contribution in [3.63, 3.8) is 0 Å². The van der Waals surface area contributed by atoms with E-state index < -0.39 is 8.07 Å². The Morgan fingerprint density at radius 1 is 1.47 bits per heavy atom. The van der Waals surface area contributed by atoms with Gasteiger partial charge >= 0.3 is 5.97 Å². The molecule has 0 aliphatic rings. The highest BCUT2D eigenvalue weighted by molar-refractivity contribution is 6.78. The maximum Gasteiger partial charge on any atom is 0.330 e. The van der Waals surface area contributed by atoms with Crippen molar-refractivity contribution in [3.05, 3.63) is 12.7 Å². The van der Waals surface area contributed by atoms with E-state index in [9.17, 15) is 4.79 Å². The molecule has 1 atom stereocenters. The van der Waals surface area contributed by atoms with Crippen molar-refractivity contribution < 1.29 is 9.53 Å². The van der Waals surface area contributed by atoms with E-state index in [0.717, 1.165) is 6.42 Å². The normalized spacial score (nSPS) is 13.3. The standard InChI is InChI=1S/C12H24O2Si/c1-6-12(13)14-11(4)9-10-15(5,7-2)8-3/h6,11H,1,7-10H2,2-5H3. The zero-order chi connectivity index (χ0) is 11.9. The fraction of sp³-hybridized carbons (Fsp3) is 0.750. The fourth-order valence-electron chi connectivity index (χ4n) is 1.46. The maximum absolute atomic E-state index is 11.0. The summed E-state index contributed by atoms with van der Waals surface area (Å²) in [5.41, 5.74) is 0. The lowest BCUT2D eigenvalue weighted by Crippen LogP contribution is -2.29. The van der Waals surface area contributed by atoms with E-state index in [1.807, 2.05) is 6.92 Å². The topological polar surface area (TPSA) is 26.3 Å². The van der Waals surface area contributed by atoms with Gasteiger partial charge in [-0.15, -0.1) is 0 Å². The van der Waals surface area contributed by atoms with Gasteiger partial charge in [0.1, 0.15) is 0 Å². The molecule has 0 radical (unpaired) electrons. The predicted octanol–water partition coefficient (Wildman–Crippen LogP) is 3.61. The van der Waals surface area contributed by atoms with Crippen molar-refractivity contribution in [2.24, 2.45) is 0 Å². The minimum atomic E-state index is -1.04. The van der Waals surface area contributed by atoms with Crippen LogP contribution >= 0.6 is 0 Å². The summed E-state index contributed by atoms with van der Waals surface area (Å²) in [6.45, 7) is 12.3. The van der Waals surface area contributed by atoms with E-state index in [1.165, 1.54) is 24.2 Å². The van der Waals surface area contributed by atoms with Crippen LogP contribution in [0.3, 0.4) is 0 Å². The first-order valence-electron chi connectivity index (χ1n) is 5.80. The van der Waals surface area contributed by atoms with E-state index in [0.29, 0.717) is 0 Å². The molecule has 15 heavy (non-hydrogen) atoms. The third-order valence-corrected chi connectivity index (χ3v) is 8.26. The van der Waals surface area contributed by atoms with E-state index in [1.54, 1.807) is 0 Å². The van der Waals surface area contributed by atoms with Crippen LogP contribution in [0.15, 0.2) is 12.7 Å². The molecular formula is C12H24O2Si. The Morgan fingerprint density at radius 2 is 2.00 bits per heavy atom. The highest BCUT2D eigenvalue weighted by Gasteiger charge is 2.23. The first kappa shape index (κ1) is 14.4. The van der Waals surface area contributed by atoms with E-state index in [-0.39, 0.29) is 12.1 Å². The highest BCUT2D eigenvalue weighted by atomic mass is 28.3. The van der Waals surface area contributed by atoms with Gasteiger partial charge in [-0.05, 0) is 13.3 Å². The Morgan fingerprint density at radius 3 is 2.40 bits per heavy atom. The van der Waals surface area contributed by atoms with Gasteiger partial charge in [0.15, 0.2) is 0 Å². The molecule has 88 valence electrons. The van der Waals surface area contributed by atoms with Crippen LogP contribution in [0.5, 0.6) is 0 Å². The van der Waals surface area contributed by atoms with Crippen LogP contribution in [0.1, 0.15) is 27.2 Å². The molecule has 0 N–H and O–H groups in total. The van der Waals surface area contributed by atoms with Crippen LogP contribution < -0.4 is 0 Å². The molecule has 0 amide bonds. The zero-order valence-electron chi connectivity index (χ0n) is 10.5. The molecule has 0 aliphatic heterocycles. The lowest BCUT2D eigenvalue weighted by molar-refractivity contribution is -0.142. The highest BCUT2D eigenvalue weighted by Crippen LogP contribution is 2.23.